The molecule has 206 valence electrons. The Labute approximate surface area is 241 Å². The van der Waals surface area contributed by atoms with Crippen LogP contribution in [0, 0.1) is 0 Å². The maximum absolute atomic E-state index is 13.8. The van der Waals surface area contributed by atoms with E-state index >= 15 is 0 Å². The van der Waals surface area contributed by atoms with Crippen molar-refractivity contribution < 1.29 is 13.2 Å². The van der Waals surface area contributed by atoms with Gasteiger partial charge in [0.25, 0.3) is 0 Å². The first kappa shape index (κ1) is 28.0. The van der Waals surface area contributed by atoms with Gasteiger partial charge < -0.3 is 10.2 Å². The number of carbonyl (C=O) groups excluding carboxylic acids is 1. The minimum absolute atomic E-state index is 0.0760. The molecule has 0 saturated carbocycles. The van der Waals surface area contributed by atoms with Gasteiger partial charge in [0.2, 0.25) is 15.9 Å². The average molecular weight is 587 g/mol. The van der Waals surface area contributed by atoms with Crippen LogP contribution in [0.1, 0.15) is 36.0 Å². The van der Waals surface area contributed by atoms with Crippen LogP contribution in [0.3, 0.4) is 0 Å². The average Bonchev–Trinajstić information content (AvgIpc) is 3.26. The highest BCUT2D eigenvalue weighted by atomic mass is 35.5. The van der Waals surface area contributed by atoms with E-state index in [9.17, 15) is 13.2 Å². The number of para-hydroxylation sites is 1. The highest BCUT2D eigenvalue weighted by Crippen LogP contribution is 2.47. The Kier molecular flexibility index (Phi) is 8.24. The van der Waals surface area contributed by atoms with E-state index in [0.29, 0.717) is 49.1 Å². The molecule has 2 aliphatic heterocycles. The molecule has 0 bridgehead atoms. The fraction of sp³-hybridized carbons (Fsp3) is 0.367. The quantitative estimate of drug-likeness (QED) is 0.383. The number of anilines is 1. The van der Waals surface area contributed by atoms with Gasteiger partial charge in [0.15, 0.2) is 0 Å². The number of sulfonamides is 1. The number of rotatable bonds is 8. The Morgan fingerprint density at radius 1 is 0.949 bits per heavy atom. The number of halogens is 2. The lowest BCUT2D eigenvalue weighted by atomic mass is 9.74. The number of hydrogen-bond acceptors (Lipinski definition) is 4. The molecule has 1 unspecified atom stereocenters. The Morgan fingerprint density at radius 3 is 2.33 bits per heavy atom. The summed E-state index contributed by atoms with van der Waals surface area (Å²) in [5.74, 6) is 0.0760. The van der Waals surface area contributed by atoms with Gasteiger partial charge in [-0.2, -0.15) is 0 Å². The molecule has 3 aromatic carbocycles. The lowest BCUT2D eigenvalue weighted by molar-refractivity contribution is -0.135. The van der Waals surface area contributed by atoms with E-state index < -0.39 is 10.0 Å². The van der Waals surface area contributed by atoms with Gasteiger partial charge in [-0.1, -0.05) is 77.8 Å². The number of amides is 1. The summed E-state index contributed by atoms with van der Waals surface area (Å²) in [6, 6.07) is 23.1. The molecule has 0 aromatic heterocycles. The second-order valence-electron chi connectivity index (χ2n) is 10.6. The van der Waals surface area contributed by atoms with Gasteiger partial charge in [0, 0.05) is 31.6 Å². The predicted molar refractivity (Wildman–Crippen MR) is 158 cm³/mol. The second-order valence-corrected chi connectivity index (χ2v) is 13.3. The number of hydrogen-bond donors (Lipinski definition) is 1. The van der Waals surface area contributed by atoms with Crippen molar-refractivity contribution in [1.82, 2.24) is 10.2 Å². The van der Waals surface area contributed by atoms with E-state index in [0.717, 1.165) is 35.2 Å². The SMILES string of the molecule is CS(=O)(=O)N1CC2(CCN(C(=O)C(CCc3ccc(Cl)c(Cl)c3)NCc3ccccc3)CC2)c2ccccc21. The first-order valence-corrected chi connectivity index (χ1v) is 15.8. The minimum Gasteiger partial charge on any atom is -0.341 e. The van der Waals surface area contributed by atoms with Gasteiger partial charge in [-0.3, -0.25) is 9.10 Å². The van der Waals surface area contributed by atoms with Crippen molar-refractivity contribution in [1.29, 1.82) is 0 Å². The van der Waals surface area contributed by atoms with Crippen LogP contribution >= 0.6 is 23.2 Å². The van der Waals surface area contributed by atoms with Crippen LogP contribution in [0.4, 0.5) is 5.69 Å². The molecule has 2 aliphatic rings. The standard InChI is InChI=1S/C30H33Cl2N3O3S/c1-39(37,38)35-21-30(24-9-5-6-10-28(24)35)15-17-34(18-16-30)29(36)27(33-20-23-7-3-2-4-8-23)14-12-22-11-13-25(31)26(32)19-22/h2-11,13,19,27,33H,12,14-18,20-21H2,1H3. The van der Waals surface area contributed by atoms with Crippen LogP contribution in [-0.4, -0.2) is 51.2 Å². The minimum atomic E-state index is -3.38. The normalized spacial score (nSPS) is 17.3. The van der Waals surface area contributed by atoms with Crippen LogP contribution in [0.15, 0.2) is 72.8 Å². The van der Waals surface area contributed by atoms with E-state index in [1.807, 2.05) is 71.6 Å². The van der Waals surface area contributed by atoms with Crippen LogP contribution < -0.4 is 9.62 Å². The summed E-state index contributed by atoms with van der Waals surface area (Å²) in [4.78, 5) is 15.8. The number of fused-ring (bicyclic) bond motifs is 2. The number of nitrogens with zero attached hydrogens (tertiary/aromatic N) is 2. The van der Waals surface area contributed by atoms with Gasteiger partial charge >= 0.3 is 0 Å². The second kappa shape index (κ2) is 11.5. The van der Waals surface area contributed by atoms with Gasteiger partial charge in [-0.05, 0) is 60.6 Å². The number of nitrogens with one attached hydrogen (secondary N) is 1. The molecule has 5 rings (SSSR count). The van der Waals surface area contributed by atoms with Crippen molar-refractivity contribution in [3.8, 4) is 0 Å². The molecular weight excluding hydrogens is 553 g/mol. The third kappa shape index (κ3) is 6.12. The molecule has 1 N–H and O–H groups in total. The van der Waals surface area contributed by atoms with Gasteiger partial charge in [0.1, 0.15) is 0 Å². The summed E-state index contributed by atoms with van der Waals surface area (Å²) in [5, 5.41) is 4.52. The molecule has 1 saturated heterocycles. The topological polar surface area (TPSA) is 69.7 Å². The lowest BCUT2D eigenvalue weighted by Gasteiger charge is -2.41. The van der Waals surface area contributed by atoms with E-state index in [2.05, 4.69) is 5.32 Å². The maximum atomic E-state index is 13.8. The summed E-state index contributed by atoms with van der Waals surface area (Å²) in [7, 11) is -3.38. The summed E-state index contributed by atoms with van der Waals surface area (Å²) in [6.45, 7) is 2.19. The number of carbonyl (C=O) groups is 1. The summed E-state index contributed by atoms with van der Waals surface area (Å²) in [6.07, 6.45) is 4.01. The molecule has 3 aromatic rings. The fourth-order valence-electron chi connectivity index (χ4n) is 5.84. The lowest BCUT2D eigenvalue weighted by Crippen LogP contribution is -2.52. The Bertz CT molecular complexity index is 1440. The summed E-state index contributed by atoms with van der Waals surface area (Å²) in [5.41, 5.74) is 3.71. The molecule has 9 heteroatoms. The molecule has 0 aliphatic carbocycles. The van der Waals surface area contributed by atoms with Crippen molar-refractivity contribution >= 4 is 44.8 Å². The van der Waals surface area contributed by atoms with Crippen LogP contribution in [0.25, 0.3) is 0 Å². The first-order chi connectivity index (χ1) is 18.7. The third-order valence-corrected chi connectivity index (χ3v) is 9.89. The molecule has 6 nitrogen and oxygen atoms in total. The monoisotopic (exact) mass is 585 g/mol. The predicted octanol–water partition coefficient (Wildman–Crippen LogP) is 5.42. The van der Waals surface area contributed by atoms with Crippen molar-refractivity contribution in [3.05, 3.63) is 99.5 Å². The van der Waals surface area contributed by atoms with E-state index in [1.165, 1.54) is 10.6 Å². The third-order valence-electron chi connectivity index (χ3n) is 8.02. The number of likely N-dealkylation sites (tertiary alicyclic amines) is 1. The first-order valence-electron chi connectivity index (χ1n) is 13.2. The Morgan fingerprint density at radius 2 is 1.64 bits per heavy atom. The van der Waals surface area contributed by atoms with Crippen LogP contribution in [0.2, 0.25) is 10.0 Å². The molecule has 1 atom stereocenters. The molecule has 39 heavy (non-hydrogen) atoms. The van der Waals surface area contributed by atoms with Crippen LogP contribution in [-0.2, 0) is 33.2 Å². The zero-order chi connectivity index (χ0) is 27.6. The van der Waals surface area contributed by atoms with Crippen molar-refractivity contribution in [2.24, 2.45) is 0 Å². The number of benzene rings is 3. The largest absolute Gasteiger partial charge is 0.341 e. The summed E-state index contributed by atoms with van der Waals surface area (Å²) < 4.78 is 26.6. The van der Waals surface area contributed by atoms with E-state index in [4.69, 9.17) is 23.2 Å². The highest BCUT2D eigenvalue weighted by molar-refractivity contribution is 7.92. The van der Waals surface area contributed by atoms with Crippen molar-refractivity contribution in [2.75, 3.05) is 30.2 Å². The van der Waals surface area contributed by atoms with E-state index in [-0.39, 0.29) is 17.4 Å². The van der Waals surface area contributed by atoms with Crippen LogP contribution in [0.5, 0.6) is 0 Å². The molecule has 1 spiro atoms. The molecule has 1 amide bonds. The molecule has 0 radical (unpaired) electrons. The Hall–Kier alpha value is -2.58. The zero-order valence-electron chi connectivity index (χ0n) is 21.9. The van der Waals surface area contributed by atoms with Gasteiger partial charge in [-0.25, -0.2) is 8.42 Å². The molecule has 2 heterocycles. The Balaban J connectivity index is 1.30. The van der Waals surface area contributed by atoms with Crippen molar-refractivity contribution in [2.45, 2.75) is 43.7 Å². The fourth-order valence-corrected chi connectivity index (χ4v) is 7.16. The van der Waals surface area contributed by atoms with Crippen molar-refractivity contribution in [3.63, 3.8) is 0 Å². The van der Waals surface area contributed by atoms with Gasteiger partial charge in [-0.15, -0.1) is 0 Å². The highest BCUT2D eigenvalue weighted by Gasteiger charge is 2.47. The number of aryl methyl sites for hydroxylation is 1. The summed E-state index contributed by atoms with van der Waals surface area (Å²) >= 11 is 12.3. The maximum Gasteiger partial charge on any atom is 0.239 e. The number of piperidine rings is 1. The van der Waals surface area contributed by atoms with Gasteiger partial charge in [0.05, 0.1) is 28.0 Å². The smallest absolute Gasteiger partial charge is 0.239 e. The van der Waals surface area contributed by atoms with E-state index in [1.54, 1.807) is 6.07 Å². The zero-order valence-corrected chi connectivity index (χ0v) is 24.3. The molecular formula is C30H33Cl2N3O3S. The molecule has 1 fully saturated rings.